The van der Waals surface area contributed by atoms with Gasteiger partial charge in [0.1, 0.15) is 18.1 Å². The van der Waals surface area contributed by atoms with Crippen molar-refractivity contribution in [3.05, 3.63) is 31.4 Å². The zero-order valence-corrected chi connectivity index (χ0v) is 23.8. The molecular formula is C23H34IN9O6. The number of aliphatic imine (C=N–C) groups is 1. The van der Waals surface area contributed by atoms with Crippen molar-refractivity contribution in [2.45, 2.75) is 57.7 Å². The third-order valence-corrected chi connectivity index (χ3v) is 7.14. The molecule has 1 unspecified atom stereocenters. The number of rotatable bonds is 8. The summed E-state index contributed by atoms with van der Waals surface area (Å²) in [6, 6.07) is -0.834. The Hall–Kier alpha value is -3.70. The van der Waals surface area contributed by atoms with Crippen molar-refractivity contribution in [2.24, 2.45) is 28.1 Å². The van der Waals surface area contributed by atoms with Crippen molar-refractivity contribution in [1.29, 1.82) is 0 Å². The number of hydrogen-bond acceptors (Lipinski definition) is 8. The van der Waals surface area contributed by atoms with Gasteiger partial charge in [0.15, 0.2) is 5.96 Å². The fourth-order valence-corrected chi connectivity index (χ4v) is 4.71. The smallest absolute Gasteiger partial charge is 0.271 e. The number of carbonyl (C=O) groups is 4. The standard InChI is InChI=1S/C23H34IN9O6/c1-3-11(2)17-22(37)31-16(5-4-7-29-23(26)27)21(36)30-15(19(25)34)6-8-28-18-13(20(35)32-17)9-12(33(38)39)10-14(18)24/h9-11,15-17,28H,3-8H2,1-2H3,(H2,25,34)(H,30,36)(H,31,37)(H,32,35)(H4,26,27,29)/t11?,15-,16-,17-/m0/s1. The van der Waals surface area contributed by atoms with Crippen LogP contribution >= 0.6 is 22.6 Å². The summed E-state index contributed by atoms with van der Waals surface area (Å²) in [6.45, 7) is 3.87. The molecule has 0 fully saturated rings. The monoisotopic (exact) mass is 659 g/mol. The average molecular weight is 659 g/mol. The number of hydrogen-bond donors (Lipinski definition) is 7. The molecule has 0 spiro atoms. The van der Waals surface area contributed by atoms with E-state index >= 15 is 0 Å². The number of fused-ring (bicyclic) bond motifs is 1. The first-order valence-electron chi connectivity index (χ1n) is 12.3. The first-order chi connectivity index (χ1) is 18.3. The van der Waals surface area contributed by atoms with Gasteiger partial charge in [-0.15, -0.1) is 0 Å². The second-order valence-corrected chi connectivity index (χ2v) is 10.3. The molecule has 1 aromatic carbocycles. The van der Waals surface area contributed by atoms with E-state index in [0.29, 0.717) is 16.4 Å². The fourth-order valence-electron chi connectivity index (χ4n) is 3.91. The van der Waals surface area contributed by atoms with Crippen molar-refractivity contribution >= 4 is 63.6 Å². The lowest BCUT2D eigenvalue weighted by Crippen LogP contribution is -2.58. The molecule has 1 aliphatic heterocycles. The first kappa shape index (κ1) is 31.5. The lowest BCUT2D eigenvalue weighted by Gasteiger charge is -2.28. The Morgan fingerprint density at radius 2 is 1.87 bits per heavy atom. The van der Waals surface area contributed by atoms with Crippen LogP contribution in [0.15, 0.2) is 17.1 Å². The summed E-state index contributed by atoms with van der Waals surface area (Å²) in [5.74, 6) is -3.26. The van der Waals surface area contributed by atoms with Gasteiger partial charge in [-0.3, -0.25) is 34.3 Å². The molecule has 15 nitrogen and oxygen atoms in total. The van der Waals surface area contributed by atoms with Gasteiger partial charge in [0.25, 0.3) is 11.6 Å². The number of primary amides is 1. The molecule has 39 heavy (non-hydrogen) atoms. The maximum Gasteiger partial charge on any atom is 0.271 e. The number of halogens is 1. The van der Waals surface area contributed by atoms with E-state index in [1.165, 1.54) is 6.07 Å². The third-order valence-electron chi connectivity index (χ3n) is 6.29. The summed E-state index contributed by atoms with van der Waals surface area (Å²) in [5, 5.41) is 22.4. The van der Waals surface area contributed by atoms with E-state index in [2.05, 4.69) is 26.3 Å². The number of guanidine groups is 1. The zero-order chi connectivity index (χ0) is 29.3. The number of amides is 4. The highest BCUT2D eigenvalue weighted by Crippen LogP contribution is 2.29. The lowest BCUT2D eigenvalue weighted by molar-refractivity contribution is -0.384. The molecule has 1 aromatic rings. The third kappa shape index (κ3) is 8.93. The minimum Gasteiger partial charge on any atom is -0.383 e. The van der Waals surface area contributed by atoms with E-state index in [1.807, 2.05) is 29.5 Å². The van der Waals surface area contributed by atoms with E-state index in [4.69, 9.17) is 17.2 Å². The van der Waals surface area contributed by atoms with Crippen LogP contribution in [-0.2, 0) is 14.4 Å². The number of nitrogens with zero attached hydrogens (tertiary/aromatic N) is 2. The molecule has 0 saturated carbocycles. The Morgan fingerprint density at radius 3 is 2.46 bits per heavy atom. The minimum absolute atomic E-state index is 0.0410. The second kappa shape index (κ2) is 14.5. The van der Waals surface area contributed by atoms with E-state index in [9.17, 15) is 29.3 Å². The van der Waals surface area contributed by atoms with Gasteiger partial charge in [0.2, 0.25) is 17.7 Å². The van der Waals surface area contributed by atoms with E-state index < -0.39 is 46.7 Å². The van der Waals surface area contributed by atoms with Gasteiger partial charge in [-0.25, -0.2) is 0 Å². The van der Waals surface area contributed by atoms with Crippen molar-refractivity contribution in [3.8, 4) is 0 Å². The number of anilines is 1. The summed E-state index contributed by atoms with van der Waals surface area (Å²) in [4.78, 5) is 66.8. The summed E-state index contributed by atoms with van der Waals surface area (Å²) < 4.78 is 0.379. The van der Waals surface area contributed by atoms with Crippen LogP contribution in [0.4, 0.5) is 11.4 Å². The molecule has 2 rings (SSSR count). The van der Waals surface area contributed by atoms with E-state index in [0.717, 1.165) is 6.07 Å². The molecule has 214 valence electrons. The van der Waals surface area contributed by atoms with Crippen molar-refractivity contribution in [1.82, 2.24) is 16.0 Å². The molecule has 0 aliphatic carbocycles. The molecule has 0 aromatic heterocycles. The number of benzene rings is 1. The van der Waals surface area contributed by atoms with Gasteiger partial charge in [-0.1, -0.05) is 20.3 Å². The van der Waals surface area contributed by atoms with Gasteiger partial charge in [0.05, 0.1) is 16.2 Å². The molecule has 0 radical (unpaired) electrons. The molecule has 4 amide bonds. The van der Waals surface area contributed by atoms with Crippen LogP contribution in [-0.4, -0.2) is 65.7 Å². The Labute approximate surface area is 238 Å². The molecule has 0 saturated heterocycles. The maximum atomic E-state index is 13.4. The van der Waals surface area contributed by atoms with Crippen LogP contribution in [0.5, 0.6) is 0 Å². The number of nitrogens with one attached hydrogen (secondary N) is 4. The van der Waals surface area contributed by atoms with Crippen LogP contribution in [0.2, 0.25) is 0 Å². The molecular weight excluding hydrogens is 625 g/mol. The molecule has 4 atom stereocenters. The molecule has 16 heteroatoms. The molecule has 1 aliphatic rings. The van der Waals surface area contributed by atoms with Crippen molar-refractivity contribution in [3.63, 3.8) is 0 Å². The minimum atomic E-state index is -1.09. The van der Waals surface area contributed by atoms with Crippen LogP contribution in [0, 0.1) is 19.6 Å². The normalized spacial score (nSPS) is 21.1. The fraction of sp³-hybridized carbons (Fsp3) is 0.522. The Morgan fingerprint density at radius 1 is 1.18 bits per heavy atom. The Bertz CT molecular complexity index is 1140. The van der Waals surface area contributed by atoms with Crippen LogP contribution in [0.25, 0.3) is 0 Å². The SMILES string of the molecule is CCC(C)[C@@H]1NC(=O)c2cc([N+](=O)[O-])cc(I)c2NCC[C@@H](C(N)=O)NC(=O)[C@H](CCCN=C(N)N)NC1=O. The maximum absolute atomic E-state index is 13.4. The topological polar surface area (TPSA) is 250 Å². The number of nitro benzene ring substituents is 1. The highest BCUT2D eigenvalue weighted by molar-refractivity contribution is 14.1. The van der Waals surface area contributed by atoms with E-state index in [1.54, 1.807) is 6.92 Å². The van der Waals surface area contributed by atoms with Gasteiger partial charge in [-0.2, -0.15) is 0 Å². The molecule has 10 N–H and O–H groups in total. The Kier molecular flexibility index (Phi) is 11.7. The number of nitrogens with two attached hydrogens (primary N) is 3. The summed E-state index contributed by atoms with van der Waals surface area (Å²) in [6.07, 6.45) is 1.00. The summed E-state index contributed by atoms with van der Waals surface area (Å²) >= 11 is 1.86. The number of carbonyl (C=O) groups excluding carboxylic acids is 4. The number of non-ortho nitro benzene ring substituents is 1. The highest BCUT2D eigenvalue weighted by Gasteiger charge is 2.33. The summed E-state index contributed by atoms with van der Waals surface area (Å²) in [5.41, 5.74) is 16.2. The predicted molar refractivity (Wildman–Crippen MR) is 153 cm³/mol. The first-order valence-corrected chi connectivity index (χ1v) is 13.4. The summed E-state index contributed by atoms with van der Waals surface area (Å²) in [7, 11) is 0. The predicted octanol–water partition coefficient (Wildman–Crippen LogP) is -0.332. The molecule has 1 heterocycles. The highest BCUT2D eigenvalue weighted by atomic mass is 127. The van der Waals surface area contributed by atoms with Crippen LogP contribution < -0.4 is 38.5 Å². The lowest BCUT2D eigenvalue weighted by atomic mass is 9.96. The second-order valence-electron chi connectivity index (χ2n) is 9.13. The molecule has 0 bridgehead atoms. The van der Waals surface area contributed by atoms with Crippen molar-refractivity contribution in [2.75, 3.05) is 18.4 Å². The zero-order valence-electron chi connectivity index (χ0n) is 21.7. The largest absolute Gasteiger partial charge is 0.383 e. The number of nitro groups is 1. The van der Waals surface area contributed by atoms with Crippen LogP contribution in [0.3, 0.4) is 0 Å². The van der Waals surface area contributed by atoms with Gasteiger partial charge in [0, 0.05) is 28.8 Å². The van der Waals surface area contributed by atoms with Crippen LogP contribution in [0.1, 0.15) is 49.9 Å². The van der Waals surface area contributed by atoms with Gasteiger partial charge < -0.3 is 38.5 Å². The van der Waals surface area contributed by atoms with Crippen molar-refractivity contribution < 1.29 is 24.1 Å². The van der Waals surface area contributed by atoms with E-state index in [-0.39, 0.29) is 54.7 Å². The average Bonchev–Trinajstić information content (AvgIpc) is 2.87. The quantitative estimate of drug-likeness (QED) is 0.0481. The Balaban J connectivity index is 2.53. The van der Waals surface area contributed by atoms with Gasteiger partial charge >= 0.3 is 0 Å². The van der Waals surface area contributed by atoms with Gasteiger partial charge in [-0.05, 0) is 47.8 Å².